The minimum atomic E-state index is 0.534. The summed E-state index contributed by atoms with van der Waals surface area (Å²) >= 11 is 0. The molecular weight excluding hydrogens is 701 g/mol. The van der Waals surface area contributed by atoms with E-state index in [1.165, 1.54) is 16.5 Å². The number of fused-ring (bicyclic) bond motifs is 9. The Hall–Kier alpha value is -7.83. The Balaban J connectivity index is 1.04. The van der Waals surface area contributed by atoms with E-state index in [9.17, 15) is 0 Å². The molecule has 0 atom stereocenters. The van der Waals surface area contributed by atoms with Gasteiger partial charge in [-0.2, -0.15) is 0 Å². The van der Waals surface area contributed by atoms with Crippen molar-refractivity contribution < 1.29 is 8.83 Å². The molecule has 0 saturated carbocycles. The average Bonchev–Trinajstić information content (AvgIpc) is 3.95. The number of benzene rings is 8. The molecule has 12 rings (SSSR count). The van der Waals surface area contributed by atoms with Crippen molar-refractivity contribution in [3.8, 4) is 51.0 Å². The predicted molar refractivity (Wildman–Crippen MR) is 230 cm³/mol. The maximum atomic E-state index is 6.86. The quantitative estimate of drug-likeness (QED) is 0.176. The number of para-hydroxylation sites is 3. The van der Waals surface area contributed by atoms with Crippen LogP contribution in [0.3, 0.4) is 0 Å². The summed E-state index contributed by atoms with van der Waals surface area (Å²) in [6.07, 6.45) is 0. The second kappa shape index (κ2) is 12.3. The molecule has 0 N–H and O–H groups in total. The zero-order chi connectivity index (χ0) is 37.5. The Bertz CT molecular complexity index is 3510. The van der Waals surface area contributed by atoms with Crippen molar-refractivity contribution in [1.29, 1.82) is 0 Å². The van der Waals surface area contributed by atoms with Crippen LogP contribution in [0.5, 0.6) is 0 Å². The lowest BCUT2D eigenvalue weighted by Crippen LogP contribution is -2.00. The number of furan rings is 2. The highest BCUT2D eigenvalue weighted by molar-refractivity contribution is 6.18. The highest BCUT2D eigenvalue weighted by Crippen LogP contribution is 2.41. The fraction of sp³-hybridized carbons (Fsp3) is 0. The maximum Gasteiger partial charge on any atom is 0.167 e. The lowest BCUT2D eigenvalue weighted by atomic mass is 10.1. The summed E-state index contributed by atoms with van der Waals surface area (Å²) in [5.41, 5.74) is 11.4. The predicted octanol–water partition coefficient (Wildman–Crippen LogP) is 13.4. The van der Waals surface area contributed by atoms with E-state index < -0.39 is 0 Å². The first-order valence-electron chi connectivity index (χ1n) is 19.0. The molecule has 266 valence electrons. The molecule has 0 aliphatic rings. The topological polar surface area (TPSA) is 69.9 Å². The minimum absolute atomic E-state index is 0.534. The minimum Gasteiger partial charge on any atom is -0.456 e. The van der Waals surface area contributed by atoms with Gasteiger partial charge in [0.05, 0.1) is 16.6 Å². The van der Waals surface area contributed by atoms with E-state index in [0.717, 1.165) is 82.7 Å². The molecule has 6 heteroatoms. The monoisotopic (exact) mass is 730 g/mol. The average molecular weight is 731 g/mol. The van der Waals surface area contributed by atoms with Gasteiger partial charge in [-0.05, 0) is 59.7 Å². The summed E-state index contributed by atoms with van der Waals surface area (Å²) in [6, 6.07) is 62.8. The molecule has 12 aromatic rings. The molecule has 0 aliphatic carbocycles. The zero-order valence-corrected chi connectivity index (χ0v) is 30.4. The standard InChI is InChI=1S/C51H30N4O2/c1-3-12-31(13-4-1)32-22-25-35(26-23-32)55-43-20-9-7-16-36(43)41-29-42-39-18-11-19-40(48(39)57-47(42)30-44(41)55)51-53-49(33-14-5-2-6-15-33)52-50(54-51)34-24-27-38-37-17-8-10-21-45(37)56-46(38)28-34/h1-30H. The van der Waals surface area contributed by atoms with E-state index in [1.807, 2.05) is 66.7 Å². The SMILES string of the molecule is c1ccc(-c2ccc(-n3c4ccccc4c4cc5c(cc43)oc3c(-c4nc(-c6ccccc6)nc(-c6ccc7c(c6)oc6ccccc67)n4)cccc35)cc2)cc1. The summed E-state index contributed by atoms with van der Waals surface area (Å²) in [5, 5.41) is 6.51. The van der Waals surface area contributed by atoms with Crippen LogP contribution in [0, 0.1) is 0 Å². The second-order valence-electron chi connectivity index (χ2n) is 14.4. The maximum absolute atomic E-state index is 6.86. The molecule has 0 spiro atoms. The summed E-state index contributed by atoms with van der Waals surface area (Å²) in [7, 11) is 0. The third-order valence-electron chi connectivity index (χ3n) is 11.1. The summed E-state index contributed by atoms with van der Waals surface area (Å²) in [5.74, 6) is 1.67. The first kappa shape index (κ1) is 31.5. The van der Waals surface area contributed by atoms with Gasteiger partial charge in [-0.1, -0.05) is 127 Å². The van der Waals surface area contributed by atoms with E-state index in [4.69, 9.17) is 23.8 Å². The van der Waals surface area contributed by atoms with Crippen LogP contribution in [0.4, 0.5) is 0 Å². The Morgan fingerprint density at radius 1 is 0.333 bits per heavy atom. The number of aromatic nitrogens is 4. The summed E-state index contributed by atoms with van der Waals surface area (Å²) < 4.78 is 15.5. The van der Waals surface area contributed by atoms with Crippen LogP contribution < -0.4 is 0 Å². The largest absolute Gasteiger partial charge is 0.456 e. The van der Waals surface area contributed by atoms with Gasteiger partial charge in [-0.25, -0.2) is 15.0 Å². The van der Waals surface area contributed by atoms with E-state index in [2.05, 4.69) is 120 Å². The molecule has 0 aliphatic heterocycles. The Morgan fingerprint density at radius 2 is 0.947 bits per heavy atom. The van der Waals surface area contributed by atoms with Crippen molar-refractivity contribution in [3.63, 3.8) is 0 Å². The van der Waals surface area contributed by atoms with Gasteiger partial charge in [-0.3, -0.25) is 0 Å². The van der Waals surface area contributed by atoms with Gasteiger partial charge in [0.2, 0.25) is 0 Å². The summed E-state index contributed by atoms with van der Waals surface area (Å²) in [6.45, 7) is 0. The van der Waals surface area contributed by atoms with Gasteiger partial charge in [0.15, 0.2) is 17.5 Å². The third-order valence-corrected chi connectivity index (χ3v) is 11.1. The van der Waals surface area contributed by atoms with E-state index in [-0.39, 0.29) is 0 Å². The third kappa shape index (κ3) is 5.01. The smallest absolute Gasteiger partial charge is 0.167 e. The van der Waals surface area contributed by atoms with Crippen LogP contribution in [0.2, 0.25) is 0 Å². The highest BCUT2D eigenvalue weighted by atomic mass is 16.3. The van der Waals surface area contributed by atoms with Gasteiger partial charge < -0.3 is 13.4 Å². The van der Waals surface area contributed by atoms with Gasteiger partial charge in [0, 0.05) is 55.2 Å². The van der Waals surface area contributed by atoms with Crippen molar-refractivity contribution >= 4 is 65.7 Å². The highest BCUT2D eigenvalue weighted by Gasteiger charge is 2.21. The molecule has 0 bridgehead atoms. The van der Waals surface area contributed by atoms with Gasteiger partial charge >= 0.3 is 0 Å². The van der Waals surface area contributed by atoms with E-state index in [0.29, 0.717) is 17.5 Å². The first-order chi connectivity index (χ1) is 28.2. The number of hydrogen-bond acceptors (Lipinski definition) is 5. The molecular formula is C51H30N4O2. The Labute approximate surface area is 325 Å². The Morgan fingerprint density at radius 3 is 1.77 bits per heavy atom. The molecule has 4 aromatic heterocycles. The molecule has 57 heavy (non-hydrogen) atoms. The Kier molecular flexibility index (Phi) is 6.83. The first-order valence-corrected chi connectivity index (χ1v) is 19.0. The van der Waals surface area contributed by atoms with Crippen LogP contribution in [0.15, 0.2) is 191 Å². The zero-order valence-electron chi connectivity index (χ0n) is 30.4. The molecule has 0 radical (unpaired) electrons. The van der Waals surface area contributed by atoms with Crippen LogP contribution >= 0.6 is 0 Å². The molecule has 4 heterocycles. The molecule has 8 aromatic carbocycles. The molecule has 6 nitrogen and oxygen atoms in total. The van der Waals surface area contributed by atoms with Crippen LogP contribution in [-0.4, -0.2) is 19.5 Å². The number of rotatable bonds is 5. The van der Waals surface area contributed by atoms with Crippen molar-refractivity contribution in [3.05, 3.63) is 182 Å². The van der Waals surface area contributed by atoms with Gasteiger partial charge in [0.25, 0.3) is 0 Å². The summed E-state index contributed by atoms with van der Waals surface area (Å²) in [4.78, 5) is 15.2. The van der Waals surface area contributed by atoms with Crippen molar-refractivity contribution in [1.82, 2.24) is 19.5 Å². The lowest BCUT2D eigenvalue weighted by molar-refractivity contribution is 0.668. The van der Waals surface area contributed by atoms with E-state index in [1.54, 1.807) is 0 Å². The van der Waals surface area contributed by atoms with Gasteiger partial charge in [0.1, 0.15) is 22.3 Å². The second-order valence-corrected chi connectivity index (χ2v) is 14.4. The lowest BCUT2D eigenvalue weighted by Gasteiger charge is -2.09. The molecule has 0 fully saturated rings. The van der Waals surface area contributed by atoms with Crippen LogP contribution in [0.1, 0.15) is 0 Å². The normalized spacial score (nSPS) is 11.9. The van der Waals surface area contributed by atoms with Crippen LogP contribution in [0.25, 0.3) is 117 Å². The fourth-order valence-electron chi connectivity index (χ4n) is 8.35. The van der Waals surface area contributed by atoms with Crippen LogP contribution in [-0.2, 0) is 0 Å². The van der Waals surface area contributed by atoms with Crippen molar-refractivity contribution in [2.75, 3.05) is 0 Å². The molecule has 0 saturated heterocycles. The van der Waals surface area contributed by atoms with Gasteiger partial charge in [-0.15, -0.1) is 0 Å². The number of nitrogens with zero attached hydrogens (tertiary/aromatic N) is 4. The van der Waals surface area contributed by atoms with E-state index >= 15 is 0 Å². The van der Waals surface area contributed by atoms with Crippen molar-refractivity contribution in [2.24, 2.45) is 0 Å². The van der Waals surface area contributed by atoms with Crippen molar-refractivity contribution in [2.45, 2.75) is 0 Å². The molecule has 0 amide bonds. The molecule has 0 unspecified atom stereocenters. The fourth-order valence-corrected chi connectivity index (χ4v) is 8.35. The number of hydrogen-bond donors (Lipinski definition) is 0.